The van der Waals surface area contributed by atoms with E-state index in [1.165, 1.54) is 17.5 Å². The van der Waals surface area contributed by atoms with Gasteiger partial charge in [-0.05, 0) is 49.4 Å². The molecule has 2 fully saturated rings. The molecule has 5 aromatic heterocycles. The molecule has 37 heavy (non-hydrogen) atoms. The second kappa shape index (κ2) is 8.11. The molecule has 2 saturated heterocycles. The largest absolute Gasteiger partial charge is 0.353 e. The molecule has 2 aliphatic rings. The Labute approximate surface area is 215 Å². The van der Waals surface area contributed by atoms with Gasteiger partial charge in [0.1, 0.15) is 12.1 Å². The second-order valence-corrected chi connectivity index (χ2v) is 11.0. The van der Waals surface area contributed by atoms with Crippen molar-refractivity contribution in [3.8, 4) is 11.3 Å². The predicted molar refractivity (Wildman–Crippen MR) is 143 cm³/mol. The Bertz CT molecular complexity index is 1640. The number of rotatable bonds is 5. The van der Waals surface area contributed by atoms with Crippen LogP contribution in [0.4, 0.5) is 5.82 Å². The molecule has 0 spiro atoms. The molecule has 2 bridgehead atoms. The summed E-state index contributed by atoms with van der Waals surface area (Å²) < 4.78 is 3.65. The number of aryl methyl sites for hydroxylation is 2. The minimum absolute atomic E-state index is 0.315. The van der Waals surface area contributed by atoms with Crippen molar-refractivity contribution in [1.29, 1.82) is 0 Å². The number of hydrogen-bond acceptors (Lipinski definition) is 7. The lowest BCUT2D eigenvalue weighted by atomic mass is 9.95. The summed E-state index contributed by atoms with van der Waals surface area (Å²) in [5, 5.41) is 12.8. The molecule has 1 unspecified atom stereocenters. The zero-order chi connectivity index (χ0) is 25.4. The SMILES string of the molecule is Cc1c(-c2[nH]c3ccc(N4C[C@@H]5CC4CN5Cc4cn(C)nn4)nc3c2C(C)C)cn2ncnc2c1C. The minimum atomic E-state index is 0.315. The fourth-order valence-electron chi connectivity index (χ4n) is 6.36. The number of likely N-dealkylation sites (tertiary alicyclic amines) is 1. The molecule has 0 aliphatic carbocycles. The van der Waals surface area contributed by atoms with Crippen LogP contribution in [0.25, 0.3) is 27.9 Å². The number of fused-ring (bicyclic) bond motifs is 4. The van der Waals surface area contributed by atoms with E-state index in [0.29, 0.717) is 18.0 Å². The molecule has 190 valence electrons. The maximum Gasteiger partial charge on any atom is 0.158 e. The van der Waals surface area contributed by atoms with Crippen molar-refractivity contribution in [3.05, 3.63) is 53.2 Å². The van der Waals surface area contributed by atoms with Gasteiger partial charge >= 0.3 is 0 Å². The molecule has 5 aromatic rings. The van der Waals surface area contributed by atoms with Crippen LogP contribution in [0.15, 0.2) is 30.9 Å². The molecule has 0 saturated carbocycles. The topological polar surface area (TPSA) is 96.1 Å². The number of aromatic amines is 1. The van der Waals surface area contributed by atoms with Crippen LogP contribution in [0.3, 0.4) is 0 Å². The van der Waals surface area contributed by atoms with E-state index in [-0.39, 0.29) is 0 Å². The van der Waals surface area contributed by atoms with Crippen LogP contribution in [0.1, 0.15) is 48.6 Å². The Morgan fingerprint density at radius 2 is 1.95 bits per heavy atom. The van der Waals surface area contributed by atoms with E-state index in [4.69, 9.17) is 4.98 Å². The first-order valence-electron chi connectivity index (χ1n) is 13.1. The van der Waals surface area contributed by atoms with Crippen molar-refractivity contribution in [1.82, 2.24) is 44.5 Å². The van der Waals surface area contributed by atoms with Gasteiger partial charge in [0, 0.05) is 62.3 Å². The van der Waals surface area contributed by atoms with Crippen LogP contribution in [0, 0.1) is 13.8 Å². The molecule has 10 nitrogen and oxygen atoms in total. The highest BCUT2D eigenvalue weighted by atomic mass is 15.4. The molecule has 10 heteroatoms. The molecule has 2 aliphatic heterocycles. The van der Waals surface area contributed by atoms with Crippen molar-refractivity contribution in [3.63, 3.8) is 0 Å². The summed E-state index contributed by atoms with van der Waals surface area (Å²) in [5.74, 6) is 1.39. The third-order valence-electron chi connectivity index (χ3n) is 8.30. The zero-order valence-corrected chi connectivity index (χ0v) is 22.0. The van der Waals surface area contributed by atoms with E-state index >= 15 is 0 Å². The van der Waals surface area contributed by atoms with Gasteiger partial charge < -0.3 is 9.88 Å². The van der Waals surface area contributed by atoms with Gasteiger partial charge in [-0.2, -0.15) is 5.10 Å². The number of anilines is 1. The number of piperazine rings is 1. The normalized spacial score (nSPS) is 19.9. The van der Waals surface area contributed by atoms with Crippen molar-refractivity contribution in [2.45, 2.75) is 58.7 Å². The lowest BCUT2D eigenvalue weighted by molar-refractivity contribution is 0.227. The van der Waals surface area contributed by atoms with E-state index in [1.807, 2.05) is 17.8 Å². The number of hydrogen-bond donors (Lipinski definition) is 1. The molecular weight excluding hydrogens is 464 g/mol. The maximum absolute atomic E-state index is 5.28. The molecular formula is C27H32N10. The minimum Gasteiger partial charge on any atom is -0.353 e. The fourth-order valence-corrected chi connectivity index (χ4v) is 6.36. The van der Waals surface area contributed by atoms with E-state index in [2.05, 4.69) is 81.2 Å². The van der Waals surface area contributed by atoms with Crippen LogP contribution >= 0.6 is 0 Å². The van der Waals surface area contributed by atoms with Gasteiger partial charge in [0.15, 0.2) is 5.65 Å². The van der Waals surface area contributed by atoms with Crippen molar-refractivity contribution < 1.29 is 0 Å². The highest BCUT2D eigenvalue weighted by molar-refractivity contribution is 5.90. The number of nitrogens with one attached hydrogen (secondary N) is 1. The number of nitrogens with zero attached hydrogens (tertiary/aromatic N) is 9. The zero-order valence-electron chi connectivity index (χ0n) is 22.0. The van der Waals surface area contributed by atoms with Crippen LogP contribution in [0.5, 0.6) is 0 Å². The molecule has 2 atom stereocenters. The van der Waals surface area contributed by atoms with Gasteiger partial charge in [0.05, 0.1) is 22.4 Å². The fraction of sp³-hybridized carbons (Fsp3) is 0.444. The van der Waals surface area contributed by atoms with Gasteiger partial charge in [0.2, 0.25) is 0 Å². The number of aromatic nitrogens is 8. The van der Waals surface area contributed by atoms with Crippen LogP contribution in [-0.2, 0) is 13.6 Å². The average molecular weight is 497 g/mol. The second-order valence-electron chi connectivity index (χ2n) is 11.0. The van der Waals surface area contributed by atoms with E-state index in [0.717, 1.165) is 64.6 Å². The van der Waals surface area contributed by atoms with E-state index < -0.39 is 0 Å². The summed E-state index contributed by atoms with van der Waals surface area (Å²) in [6.07, 6.45) is 6.89. The molecule has 0 amide bonds. The van der Waals surface area contributed by atoms with Crippen molar-refractivity contribution in [2.75, 3.05) is 18.0 Å². The van der Waals surface area contributed by atoms with Crippen LogP contribution in [-0.4, -0.2) is 69.6 Å². The third kappa shape index (κ3) is 3.46. The van der Waals surface area contributed by atoms with Crippen molar-refractivity contribution >= 4 is 22.5 Å². The summed E-state index contributed by atoms with van der Waals surface area (Å²) >= 11 is 0. The Balaban J connectivity index is 1.23. The van der Waals surface area contributed by atoms with Crippen molar-refractivity contribution in [2.24, 2.45) is 7.05 Å². The monoisotopic (exact) mass is 496 g/mol. The van der Waals surface area contributed by atoms with Crippen LogP contribution in [0.2, 0.25) is 0 Å². The Hall–Kier alpha value is -3.79. The van der Waals surface area contributed by atoms with Gasteiger partial charge in [-0.15, -0.1) is 5.10 Å². The van der Waals surface area contributed by atoms with Gasteiger partial charge in [-0.1, -0.05) is 19.1 Å². The Morgan fingerprint density at radius 3 is 2.68 bits per heavy atom. The van der Waals surface area contributed by atoms with Crippen LogP contribution < -0.4 is 4.90 Å². The highest BCUT2D eigenvalue weighted by Gasteiger charge is 2.44. The van der Waals surface area contributed by atoms with E-state index in [9.17, 15) is 0 Å². The summed E-state index contributed by atoms with van der Waals surface area (Å²) in [6.45, 7) is 11.7. The third-order valence-corrected chi connectivity index (χ3v) is 8.30. The Morgan fingerprint density at radius 1 is 1.08 bits per heavy atom. The molecule has 0 radical (unpaired) electrons. The van der Waals surface area contributed by atoms with Gasteiger partial charge in [-0.3, -0.25) is 9.58 Å². The molecule has 7 heterocycles. The molecule has 7 rings (SSSR count). The average Bonchev–Trinajstić information content (AvgIpc) is 3.69. The quantitative estimate of drug-likeness (QED) is 0.397. The Kier molecular flexibility index (Phi) is 4.91. The first kappa shape index (κ1) is 22.4. The first-order chi connectivity index (χ1) is 17.9. The molecule has 1 N–H and O–H groups in total. The maximum atomic E-state index is 5.28. The number of H-pyrrole nitrogens is 1. The lowest BCUT2D eigenvalue weighted by Gasteiger charge is -2.34. The summed E-state index contributed by atoms with van der Waals surface area (Å²) in [6, 6.07) is 5.38. The summed E-state index contributed by atoms with van der Waals surface area (Å²) in [4.78, 5) is 18.5. The van der Waals surface area contributed by atoms with Gasteiger partial charge in [0.25, 0.3) is 0 Å². The summed E-state index contributed by atoms with van der Waals surface area (Å²) in [5.41, 5.74) is 9.99. The first-order valence-corrected chi connectivity index (χ1v) is 13.1. The standard InChI is InChI=1S/C27H32N10/c1-15(2)24-25(21-13-37-27(28-14-29-37)17(4)16(21)3)30-22-6-7-23(31-26(22)24)36-12-19-8-20(36)11-35(19)10-18-9-34(5)33-32-18/h6-7,9,13-15,19-20,30H,8,10-12H2,1-5H3/t19-,20?/m0/s1. The lowest BCUT2D eigenvalue weighted by Crippen LogP contribution is -2.46. The smallest absolute Gasteiger partial charge is 0.158 e. The van der Waals surface area contributed by atoms with E-state index in [1.54, 1.807) is 11.0 Å². The number of pyridine rings is 2. The summed E-state index contributed by atoms with van der Waals surface area (Å²) in [7, 11) is 1.92. The predicted octanol–water partition coefficient (Wildman–Crippen LogP) is 3.60. The molecule has 0 aromatic carbocycles. The highest BCUT2D eigenvalue weighted by Crippen LogP contribution is 2.40. The van der Waals surface area contributed by atoms with Gasteiger partial charge in [-0.25, -0.2) is 14.5 Å².